The van der Waals surface area contributed by atoms with Crippen LogP contribution in [0.3, 0.4) is 0 Å². The van der Waals surface area contributed by atoms with Crippen molar-refractivity contribution in [2.75, 3.05) is 13.1 Å². The smallest absolute Gasteiger partial charge is 0.225 e. The number of amides is 1. The molecule has 5 rings (SSSR count). The molecule has 3 heterocycles. The van der Waals surface area contributed by atoms with Gasteiger partial charge in [-0.05, 0) is 68.7 Å². The summed E-state index contributed by atoms with van der Waals surface area (Å²) in [6.45, 7) is 1.87. The molecular weight excluding hydrogens is 444 g/mol. The summed E-state index contributed by atoms with van der Waals surface area (Å²) in [5.41, 5.74) is 2.20. The minimum absolute atomic E-state index is 0.163. The van der Waals surface area contributed by atoms with E-state index in [0.717, 1.165) is 79.0 Å². The van der Waals surface area contributed by atoms with Gasteiger partial charge in [-0.25, -0.2) is 0 Å². The molecule has 1 atom stereocenters. The summed E-state index contributed by atoms with van der Waals surface area (Å²) in [5.74, 6) is 2.67. The van der Waals surface area contributed by atoms with Gasteiger partial charge in [-0.1, -0.05) is 15.9 Å². The second kappa shape index (κ2) is 8.42. The maximum absolute atomic E-state index is 12.9. The molecule has 1 saturated heterocycles. The van der Waals surface area contributed by atoms with Crippen molar-refractivity contribution in [1.82, 2.24) is 19.7 Å². The average Bonchev–Trinajstić information content (AvgIpc) is 3.11. The molecule has 2 fully saturated rings. The topological polar surface area (TPSA) is 71.2 Å². The van der Waals surface area contributed by atoms with Crippen LogP contribution in [0, 0.1) is 5.92 Å². The van der Waals surface area contributed by atoms with Crippen molar-refractivity contribution in [1.29, 1.82) is 0 Å². The first kappa shape index (κ1) is 20.2. The van der Waals surface area contributed by atoms with Crippen LogP contribution in [-0.2, 0) is 17.6 Å². The maximum Gasteiger partial charge on any atom is 0.225 e. The van der Waals surface area contributed by atoms with Gasteiger partial charge < -0.3 is 10.0 Å². The second-order valence-electron chi connectivity index (χ2n) is 9.08. The minimum Gasteiger partial charge on any atom is -0.392 e. The molecule has 1 unspecified atom stereocenters. The van der Waals surface area contributed by atoms with Crippen LogP contribution >= 0.6 is 15.9 Å². The molecule has 1 aromatic carbocycles. The molecule has 160 valence electrons. The van der Waals surface area contributed by atoms with E-state index in [9.17, 15) is 9.90 Å². The number of hydrogen-bond acceptors (Lipinski definition) is 4. The number of nitrogens with zero attached hydrogens (tertiary/aromatic N) is 4. The lowest BCUT2D eigenvalue weighted by atomic mass is 9.80. The molecule has 1 aromatic heterocycles. The molecule has 2 aliphatic heterocycles. The fourth-order valence-corrected chi connectivity index (χ4v) is 5.84. The molecule has 7 heteroatoms. The molecule has 2 aromatic rings. The van der Waals surface area contributed by atoms with E-state index in [2.05, 4.69) is 47.7 Å². The molecule has 1 amide bonds. The Morgan fingerprint density at radius 2 is 1.80 bits per heavy atom. The van der Waals surface area contributed by atoms with Gasteiger partial charge in [0.05, 0.1) is 11.8 Å². The zero-order valence-electron chi connectivity index (χ0n) is 17.3. The third-order valence-electron chi connectivity index (χ3n) is 7.02. The van der Waals surface area contributed by atoms with E-state index in [1.165, 1.54) is 6.42 Å². The number of fused-ring (bicyclic) bond motifs is 3. The van der Waals surface area contributed by atoms with E-state index in [1.54, 1.807) is 0 Å². The van der Waals surface area contributed by atoms with Crippen molar-refractivity contribution in [3.05, 3.63) is 39.9 Å². The number of aliphatic hydroxyl groups excluding tert-OH is 1. The summed E-state index contributed by atoms with van der Waals surface area (Å²) in [6, 6.07) is 6.23. The number of hydrogen-bond donors (Lipinski definition) is 1. The standard InChI is InChI=1S/C23H29BrN4O2/c24-18-8-9-20-17(12-18)13-19(29)14-21-25-26-22(28(20)21)15-4-6-16(7-5-15)23(30)27-10-2-1-3-11-27/h8-9,12,15-16,19,29H,1-7,10-11,13-14H2. The molecule has 0 radical (unpaired) electrons. The number of carbonyl (C=O) groups excluding carboxylic acids is 1. The highest BCUT2D eigenvalue weighted by Gasteiger charge is 2.34. The van der Waals surface area contributed by atoms with E-state index in [-0.39, 0.29) is 5.92 Å². The highest BCUT2D eigenvalue weighted by molar-refractivity contribution is 9.10. The summed E-state index contributed by atoms with van der Waals surface area (Å²) in [5, 5.41) is 19.5. The lowest BCUT2D eigenvalue weighted by Crippen LogP contribution is -2.40. The van der Waals surface area contributed by atoms with Gasteiger partial charge in [0.25, 0.3) is 0 Å². The third-order valence-corrected chi connectivity index (χ3v) is 7.51. The monoisotopic (exact) mass is 472 g/mol. The van der Waals surface area contributed by atoms with Crippen LogP contribution in [0.4, 0.5) is 0 Å². The molecule has 0 bridgehead atoms. The molecule has 6 nitrogen and oxygen atoms in total. The van der Waals surface area contributed by atoms with Crippen LogP contribution in [0.2, 0.25) is 0 Å². The molecule has 3 aliphatic rings. The number of benzene rings is 1. The van der Waals surface area contributed by atoms with E-state index in [1.807, 2.05) is 6.07 Å². The molecule has 0 spiro atoms. The average molecular weight is 473 g/mol. The van der Waals surface area contributed by atoms with Crippen molar-refractivity contribution in [2.45, 2.75) is 69.8 Å². The first-order valence-electron chi connectivity index (χ1n) is 11.3. The van der Waals surface area contributed by atoms with Crippen LogP contribution in [0.15, 0.2) is 22.7 Å². The van der Waals surface area contributed by atoms with Crippen LogP contribution in [-0.4, -0.2) is 49.9 Å². The second-order valence-corrected chi connectivity index (χ2v) is 10.00. The van der Waals surface area contributed by atoms with Gasteiger partial charge in [0.1, 0.15) is 11.6 Å². The Balaban J connectivity index is 1.36. The summed E-state index contributed by atoms with van der Waals surface area (Å²) in [4.78, 5) is 15.0. The van der Waals surface area contributed by atoms with Gasteiger partial charge in [-0.3, -0.25) is 9.36 Å². The zero-order valence-corrected chi connectivity index (χ0v) is 18.9. The molecule has 1 N–H and O–H groups in total. The zero-order chi connectivity index (χ0) is 20.7. The first-order chi connectivity index (χ1) is 14.6. The molecule has 1 saturated carbocycles. The predicted molar refractivity (Wildman–Crippen MR) is 118 cm³/mol. The van der Waals surface area contributed by atoms with Crippen molar-refractivity contribution in [2.24, 2.45) is 5.92 Å². The Kier molecular flexibility index (Phi) is 5.67. The summed E-state index contributed by atoms with van der Waals surface area (Å²) < 4.78 is 3.19. The number of likely N-dealkylation sites (tertiary alicyclic amines) is 1. The Morgan fingerprint density at radius 3 is 2.57 bits per heavy atom. The quantitative estimate of drug-likeness (QED) is 0.721. The summed E-state index contributed by atoms with van der Waals surface area (Å²) in [6.07, 6.45) is 8.03. The number of carbonyl (C=O) groups is 1. The molecule has 1 aliphatic carbocycles. The van der Waals surface area contributed by atoms with Crippen LogP contribution in [0.25, 0.3) is 5.69 Å². The number of piperidine rings is 1. The number of aromatic nitrogens is 3. The number of halogens is 1. The largest absolute Gasteiger partial charge is 0.392 e. The summed E-state index contributed by atoms with van der Waals surface area (Å²) >= 11 is 3.56. The van der Waals surface area contributed by atoms with Crippen LogP contribution < -0.4 is 0 Å². The van der Waals surface area contributed by atoms with E-state index < -0.39 is 6.10 Å². The molecular formula is C23H29BrN4O2. The Hall–Kier alpha value is -1.73. The fraction of sp³-hybridized carbons (Fsp3) is 0.609. The van der Waals surface area contributed by atoms with Crippen molar-refractivity contribution >= 4 is 21.8 Å². The van der Waals surface area contributed by atoms with Gasteiger partial charge >= 0.3 is 0 Å². The lowest BCUT2D eigenvalue weighted by molar-refractivity contribution is -0.137. The van der Waals surface area contributed by atoms with Crippen LogP contribution in [0.5, 0.6) is 0 Å². The highest BCUT2D eigenvalue weighted by Crippen LogP contribution is 2.38. The maximum atomic E-state index is 12.9. The van der Waals surface area contributed by atoms with E-state index in [0.29, 0.717) is 24.7 Å². The SMILES string of the molecule is O=C(C1CCC(c2nnc3n2-c2ccc(Br)cc2CC(O)C3)CC1)N1CCCCC1. The normalized spacial score (nSPS) is 26.6. The van der Waals surface area contributed by atoms with Crippen molar-refractivity contribution in [3.8, 4) is 5.69 Å². The summed E-state index contributed by atoms with van der Waals surface area (Å²) in [7, 11) is 0. The van der Waals surface area contributed by atoms with Crippen LogP contribution in [0.1, 0.15) is 68.1 Å². The van der Waals surface area contributed by atoms with Gasteiger partial charge in [0.15, 0.2) is 0 Å². The van der Waals surface area contributed by atoms with Crippen molar-refractivity contribution < 1.29 is 9.90 Å². The Morgan fingerprint density at radius 1 is 1.03 bits per heavy atom. The van der Waals surface area contributed by atoms with Gasteiger partial charge in [0, 0.05) is 42.2 Å². The van der Waals surface area contributed by atoms with Gasteiger partial charge in [0.2, 0.25) is 5.91 Å². The number of rotatable bonds is 2. The third kappa shape index (κ3) is 3.82. The highest BCUT2D eigenvalue weighted by atomic mass is 79.9. The molecule has 30 heavy (non-hydrogen) atoms. The Labute approximate surface area is 185 Å². The van der Waals surface area contributed by atoms with E-state index in [4.69, 9.17) is 0 Å². The first-order valence-corrected chi connectivity index (χ1v) is 12.1. The number of aliphatic hydroxyl groups is 1. The minimum atomic E-state index is -0.450. The lowest BCUT2D eigenvalue weighted by Gasteiger charge is -2.34. The van der Waals surface area contributed by atoms with E-state index >= 15 is 0 Å². The fourth-order valence-electron chi connectivity index (χ4n) is 5.43. The van der Waals surface area contributed by atoms with Gasteiger partial charge in [-0.15, -0.1) is 10.2 Å². The Bertz CT molecular complexity index is 929. The van der Waals surface area contributed by atoms with Gasteiger partial charge in [-0.2, -0.15) is 0 Å². The van der Waals surface area contributed by atoms with Crippen molar-refractivity contribution in [3.63, 3.8) is 0 Å². The predicted octanol–water partition coefficient (Wildman–Crippen LogP) is 3.78.